The van der Waals surface area contributed by atoms with E-state index in [0.29, 0.717) is 0 Å². The third kappa shape index (κ3) is 6.71. The Hall–Kier alpha value is 1.23. The number of halogens is 3. The smallest absolute Gasteiger partial charge is 1.00 e. The van der Waals surface area contributed by atoms with Crippen molar-refractivity contribution >= 4 is 39.0 Å². The van der Waals surface area contributed by atoms with Crippen molar-refractivity contribution in [1.29, 1.82) is 0 Å². The molecule has 64 valence electrons. The molecule has 0 spiro atoms. The minimum absolute atomic E-state index is 0. The second kappa shape index (κ2) is 10.3. The first kappa shape index (κ1) is 18.9. The predicted molar refractivity (Wildman–Crippen MR) is 46.4 cm³/mol. The van der Waals surface area contributed by atoms with Gasteiger partial charge in [-0.05, 0) is 24.3 Å². The van der Waals surface area contributed by atoms with Gasteiger partial charge in [0.25, 0.3) is 0 Å². The third-order valence-electron chi connectivity index (χ3n) is 1.05. The number of ether oxygens (including phenoxy) is 1. The Balaban J connectivity index is -0.000000270. The SMILES string of the molecule is COc1ccc(Br)cc1.[Br-].[Br-].[Mg+2]. The fraction of sp³-hybridized carbons (Fsp3) is 0.143. The quantitative estimate of drug-likeness (QED) is 0.459. The fourth-order valence-corrected chi connectivity index (χ4v) is 0.835. The van der Waals surface area contributed by atoms with Crippen LogP contribution >= 0.6 is 15.9 Å². The minimum atomic E-state index is 0. The average molecular weight is 371 g/mol. The minimum Gasteiger partial charge on any atom is -1.00 e. The van der Waals surface area contributed by atoms with Crippen LogP contribution in [0.3, 0.4) is 0 Å². The zero-order chi connectivity index (χ0) is 6.69. The molecular weight excluding hydrogens is 364 g/mol. The van der Waals surface area contributed by atoms with E-state index in [2.05, 4.69) is 15.9 Å². The van der Waals surface area contributed by atoms with Gasteiger partial charge in [-0.25, -0.2) is 0 Å². The molecule has 0 aliphatic carbocycles. The molecule has 1 aromatic rings. The van der Waals surface area contributed by atoms with Crippen molar-refractivity contribution in [2.75, 3.05) is 7.11 Å². The molecule has 0 aliphatic heterocycles. The van der Waals surface area contributed by atoms with Crippen molar-refractivity contribution in [3.05, 3.63) is 28.7 Å². The second-order valence-electron chi connectivity index (χ2n) is 1.66. The van der Waals surface area contributed by atoms with Gasteiger partial charge in [0.05, 0.1) is 7.11 Å². The van der Waals surface area contributed by atoms with E-state index in [0.717, 1.165) is 10.2 Å². The largest absolute Gasteiger partial charge is 2.00 e. The van der Waals surface area contributed by atoms with Gasteiger partial charge in [0, 0.05) is 4.47 Å². The Morgan fingerprint density at radius 3 is 1.83 bits per heavy atom. The van der Waals surface area contributed by atoms with E-state index in [1.807, 2.05) is 24.3 Å². The average Bonchev–Trinajstić information content (AvgIpc) is 1.90. The summed E-state index contributed by atoms with van der Waals surface area (Å²) >= 11 is 3.32. The van der Waals surface area contributed by atoms with Crippen LogP contribution in [0.4, 0.5) is 0 Å². The second-order valence-corrected chi connectivity index (χ2v) is 2.57. The Morgan fingerprint density at radius 2 is 1.50 bits per heavy atom. The number of methoxy groups -OCH3 is 1. The van der Waals surface area contributed by atoms with Crippen LogP contribution in [0.2, 0.25) is 0 Å². The van der Waals surface area contributed by atoms with E-state index in [-0.39, 0.29) is 57.0 Å². The van der Waals surface area contributed by atoms with Crippen LogP contribution in [0.1, 0.15) is 0 Å². The molecule has 0 fully saturated rings. The summed E-state index contributed by atoms with van der Waals surface area (Å²) in [6.45, 7) is 0. The molecule has 1 aromatic carbocycles. The molecule has 0 amide bonds. The van der Waals surface area contributed by atoms with E-state index in [1.165, 1.54) is 0 Å². The van der Waals surface area contributed by atoms with Crippen LogP contribution in [-0.2, 0) is 0 Å². The summed E-state index contributed by atoms with van der Waals surface area (Å²) in [6.07, 6.45) is 0. The molecule has 0 bridgehead atoms. The zero-order valence-electron chi connectivity index (χ0n) is 6.56. The van der Waals surface area contributed by atoms with Gasteiger partial charge in [-0.15, -0.1) is 0 Å². The van der Waals surface area contributed by atoms with Gasteiger partial charge in [-0.1, -0.05) is 15.9 Å². The Morgan fingerprint density at radius 1 is 1.08 bits per heavy atom. The van der Waals surface area contributed by atoms with E-state index in [9.17, 15) is 0 Å². The molecule has 0 unspecified atom stereocenters. The normalized spacial score (nSPS) is 6.83. The molecule has 5 heteroatoms. The van der Waals surface area contributed by atoms with E-state index in [1.54, 1.807) is 7.11 Å². The first-order valence-electron chi connectivity index (χ1n) is 2.62. The maximum Gasteiger partial charge on any atom is 2.00 e. The summed E-state index contributed by atoms with van der Waals surface area (Å²) in [5, 5.41) is 0. The van der Waals surface area contributed by atoms with Crippen LogP contribution in [0, 0.1) is 0 Å². The summed E-state index contributed by atoms with van der Waals surface area (Å²) in [6, 6.07) is 7.70. The van der Waals surface area contributed by atoms with Crippen LogP contribution in [-0.4, -0.2) is 30.2 Å². The first-order chi connectivity index (χ1) is 4.33. The Labute approximate surface area is 118 Å². The Bertz CT molecular complexity index is 190. The molecule has 0 N–H and O–H groups in total. The van der Waals surface area contributed by atoms with Crippen molar-refractivity contribution in [3.63, 3.8) is 0 Å². The van der Waals surface area contributed by atoms with Crippen LogP contribution < -0.4 is 38.7 Å². The van der Waals surface area contributed by atoms with E-state index < -0.39 is 0 Å². The molecule has 0 atom stereocenters. The number of rotatable bonds is 1. The standard InChI is InChI=1S/C7H7BrO.2BrH.Mg/c1-9-7-4-2-6(8)3-5-7;;;/h2-5H,1H3;2*1H;/q;;;+2/p-2. The van der Waals surface area contributed by atoms with Crippen LogP contribution in [0.5, 0.6) is 5.75 Å². The van der Waals surface area contributed by atoms with Gasteiger partial charge in [0.2, 0.25) is 0 Å². The van der Waals surface area contributed by atoms with Crippen LogP contribution in [0.15, 0.2) is 28.7 Å². The molecule has 0 aliphatic rings. The molecular formula is C7H7Br3MgO. The molecule has 0 aromatic heterocycles. The molecule has 0 radical (unpaired) electrons. The predicted octanol–water partition coefficient (Wildman–Crippen LogP) is -3.92. The summed E-state index contributed by atoms with van der Waals surface area (Å²) < 4.78 is 6.02. The summed E-state index contributed by atoms with van der Waals surface area (Å²) in [4.78, 5) is 0. The summed E-state index contributed by atoms with van der Waals surface area (Å²) in [7, 11) is 1.66. The van der Waals surface area contributed by atoms with E-state index >= 15 is 0 Å². The van der Waals surface area contributed by atoms with Crippen molar-refractivity contribution in [2.24, 2.45) is 0 Å². The van der Waals surface area contributed by atoms with Gasteiger partial charge in [-0.2, -0.15) is 0 Å². The number of benzene rings is 1. The van der Waals surface area contributed by atoms with E-state index in [4.69, 9.17) is 4.74 Å². The molecule has 0 saturated carbocycles. The maximum atomic E-state index is 4.95. The van der Waals surface area contributed by atoms with Gasteiger partial charge in [-0.3, -0.25) is 0 Å². The molecule has 0 heterocycles. The van der Waals surface area contributed by atoms with Gasteiger partial charge in [0.15, 0.2) is 0 Å². The number of hydrogen-bond acceptors (Lipinski definition) is 1. The van der Waals surface area contributed by atoms with Crippen molar-refractivity contribution < 1.29 is 38.7 Å². The fourth-order valence-electron chi connectivity index (χ4n) is 0.571. The number of hydrogen-bond donors (Lipinski definition) is 0. The Kier molecular flexibility index (Phi) is 16.2. The first-order valence-corrected chi connectivity index (χ1v) is 3.42. The molecule has 0 saturated heterocycles. The topological polar surface area (TPSA) is 9.23 Å². The zero-order valence-corrected chi connectivity index (χ0v) is 12.7. The summed E-state index contributed by atoms with van der Waals surface area (Å²) in [5.74, 6) is 0.887. The summed E-state index contributed by atoms with van der Waals surface area (Å²) in [5.41, 5.74) is 0. The van der Waals surface area contributed by atoms with Crippen molar-refractivity contribution in [3.8, 4) is 5.75 Å². The monoisotopic (exact) mass is 368 g/mol. The molecule has 1 rings (SSSR count). The maximum absolute atomic E-state index is 4.95. The van der Waals surface area contributed by atoms with Crippen molar-refractivity contribution in [2.45, 2.75) is 0 Å². The van der Waals surface area contributed by atoms with Crippen LogP contribution in [0.25, 0.3) is 0 Å². The van der Waals surface area contributed by atoms with Gasteiger partial charge >= 0.3 is 23.1 Å². The molecule has 1 nitrogen and oxygen atoms in total. The van der Waals surface area contributed by atoms with Gasteiger partial charge in [0.1, 0.15) is 5.75 Å². The van der Waals surface area contributed by atoms with Crippen molar-refractivity contribution in [1.82, 2.24) is 0 Å². The molecule has 12 heavy (non-hydrogen) atoms. The third-order valence-corrected chi connectivity index (χ3v) is 1.58. The van der Waals surface area contributed by atoms with Gasteiger partial charge < -0.3 is 38.7 Å².